The van der Waals surface area contributed by atoms with E-state index in [1.165, 1.54) is 4.90 Å². The van der Waals surface area contributed by atoms with Gasteiger partial charge < -0.3 is 15.0 Å². The highest BCUT2D eigenvalue weighted by Crippen LogP contribution is 2.32. The molecule has 0 saturated carbocycles. The number of morpholine rings is 1. The van der Waals surface area contributed by atoms with Crippen LogP contribution in [-0.4, -0.2) is 58.3 Å². The Labute approximate surface area is 135 Å². The molecule has 2 aliphatic heterocycles. The van der Waals surface area contributed by atoms with E-state index in [-0.39, 0.29) is 38.3 Å². The average molecular weight is 346 g/mol. The first-order valence-electron chi connectivity index (χ1n) is 7.64. The molecule has 2 atom stereocenters. The lowest BCUT2D eigenvalue weighted by atomic mass is 9.99. The maximum atomic E-state index is 13.1. The van der Waals surface area contributed by atoms with Gasteiger partial charge in [0.25, 0.3) is 5.91 Å². The van der Waals surface area contributed by atoms with Crippen molar-refractivity contribution in [1.29, 1.82) is 0 Å². The van der Waals surface area contributed by atoms with Crippen LogP contribution in [0.4, 0.5) is 13.2 Å². The lowest BCUT2D eigenvalue weighted by molar-refractivity contribution is -0.141. The number of halogens is 3. The lowest BCUT2D eigenvalue weighted by Crippen LogP contribution is -2.61. The molecule has 0 aromatic carbocycles. The number of aromatic nitrogens is 2. The minimum absolute atomic E-state index is 0.0311. The molecule has 24 heavy (non-hydrogen) atoms. The van der Waals surface area contributed by atoms with Crippen molar-refractivity contribution in [1.82, 2.24) is 20.0 Å². The summed E-state index contributed by atoms with van der Waals surface area (Å²) < 4.78 is 45.8. The molecule has 0 aliphatic carbocycles. The largest absolute Gasteiger partial charge is 0.435 e. The highest BCUT2D eigenvalue weighted by molar-refractivity contribution is 5.95. The Morgan fingerprint density at radius 2 is 2.25 bits per heavy atom. The Balaban J connectivity index is 1.82. The SMILES string of the molecule is CCn1cc(C(=O)N2CCC3OCC(=O)NC3C2)c(C(F)(F)F)n1. The number of nitrogens with zero attached hydrogens (tertiary/aromatic N) is 3. The third-order valence-electron chi connectivity index (χ3n) is 4.20. The summed E-state index contributed by atoms with van der Waals surface area (Å²) in [6.07, 6.45) is -3.34. The number of hydrogen-bond donors (Lipinski definition) is 1. The molecular weight excluding hydrogens is 329 g/mol. The summed E-state index contributed by atoms with van der Waals surface area (Å²) in [6.45, 7) is 2.22. The molecule has 1 aromatic heterocycles. The van der Waals surface area contributed by atoms with E-state index >= 15 is 0 Å². The predicted octanol–water partition coefficient (Wildman–Crippen LogP) is 0.651. The van der Waals surface area contributed by atoms with Crippen LogP contribution >= 0.6 is 0 Å². The van der Waals surface area contributed by atoms with Gasteiger partial charge in [-0.2, -0.15) is 18.3 Å². The fourth-order valence-corrected chi connectivity index (χ4v) is 3.00. The van der Waals surface area contributed by atoms with Gasteiger partial charge in [-0.15, -0.1) is 0 Å². The molecule has 1 aromatic rings. The maximum Gasteiger partial charge on any atom is 0.435 e. The van der Waals surface area contributed by atoms with Crippen LogP contribution in [0.25, 0.3) is 0 Å². The normalized spacial score (nSPS) is 24.5. The first-order valence-corrected chi connectivity index (χ1v) is 7.64. The van der Waals surface area contributed by atoms with Crippen LogP contribution in [0.2, 0.25) is 0 Å². The summed E-state index contributed by atoms with van der Waals surface area (Å²) in [5, 5.41) is 6.17. The van der Waals surface area contributed by atoms with Crippen molar-refractivity contribution >= 4 is 11.8 Å². The molecule has 10 heteroatoms. The Morgan fingerprint density at radius 3 is 2.92 bits per heavy atom. The average Bonchev–Trinajstić information content (AvgIpc) is 2.98. The summed E-state index contributed by atoms with van der Waals surface area (Å²) >= 11 is 0. The quantitative estimate of drug-likeness (QED) is 0.853. The molecule has 3 rings (SSSR count). The summed E-state index contributed by atoms with van der Waals surface area (Å²) in [5.74, 6) is -1.03. The van der Waals surface area contributed by atoms with Gasteiger partial charge in [-0.05, 0) is 13.3 Å². The van der Waals surface area contributed by atoms with Gasteiger partial charge >= 0.3 is 6.18 Å². The molecule has 7 nitrogen and oxygen atoms in total. The van der Waals surface area contributed by atoms with Gasteiger partial charge in [0, 0.05) is 25.8 Å². The number of rotatable bonds is 2. The van der Waals surface area contributed by atoms with Gasteiger partial charge in [0.05, 0.1) is 17.7 Å². The van der Waals surface area contributed by atoms with E-state index in [1.807, 2.05) is 0 Å². The van der Waals surface area contributed by atoms with E-state index in [4.69, 9.17) is 4.74 Å². The minimum atomic E-state index is -4.70. The van der Waals surface area contributed by atoms with Crippen molar-refractivity contribution in [2.24, 2.45) is 0 Å². The van der Waals surface area contributed by atoms with E-state index in [1.54, 1.807) is 6.92 Å². The summed E-state index contributed by atoms with van der Waals surface area (Å²) in [5.41, 5.74) is -1.65. The summed E-state index contributed by atoms with van der Waals surface area (Å²) in [6, 6.07) is -0.403. The minimum Gasteiger partial charge on any atom is -0.366 e. The zero-order valence-corrected chi connectivity index (χ0v) is 13.0. The molecule has 3 heterocycles. The fourth-order valence-electron chi connectivity index (χ4n) is 3.00. The number of alkyl halides is 3. The van der Waals surface area contributed by atoms with Crippen molar-refractivity contribution in [3.05, 3.63) is 17.5 Å². The van der Waals surface area contributed by atoms with Gasteiger partial charge in [-0.3, -0.25) is 14.3 Å². The van der Waals surface area contributed by atoms with Crippen LogP contribution < -0.4 is 5.32 Å². The highest BCUT2D eigenvalue weighted by atomic mass is 19.4. The number of ether oxygens (including phenoxy) is 1. The summed E-state index contributed by atoms with van der Waals surface area (Å²) in [7, 11) is 0. The topological polar surface area (TPSA) is 76.5 Å². The number of nitrogens with one attached hydrogen (secondary N) is 1. The molecule has 2 fully saturated rings. The number of piperidine rings is 1. The molecule has 2 amide bonds. The summed E-state index contributed by atoms with van der Waals surface area (Å²) in [4.78, 5) is 25.3. The van der Waals surface area contributed by atoms with Gasteiger partial charge in [-0.1, -0.05) is 0 Å². The smallest absolute Gasteiger partial charge is 0.366 e. The van der Waals surface area contributed by atoms with E-state index in [2.05, 4.69) is 10.4 Å². The molecule has 0 spiro atoms. The molecule has 2 unspecified atom stereocenters. The number of likely N-dealkylation sites (tertiary alicyclic amines) is 1. The van der Waals surface area contributed by atoms with Crippen LogP contribution in [0.5, 0.6) is 0 Å². The van der Waals surface area contributed by atoms with Gasteiger partial charge in [-0.25, -0.2) is 0 Å². The number of fused-ring (bicyclic) bond motifs is 1. The number of carbonyl (C=O) groups is 2. The number of hydrogen-bond acceptors (Lipinski definition) is 4. The van der Waals surface area contributed by atoms with Crippen molar-refractivity contribution in [2.75, 3.05) is 19.7 Å². The Bertz CT molecular complexity index is 658. The molecule has 1 N–H and O–H groups in total. The van der Waals surface area contributed by atoms with Gasteiger partial charge in [0.1, 0.15) is 6.61 Å². The maximum absolute atomic E-state index is 13.1. The van der Waals surface area contributed by atoms with Crippen molar-refractivity contribution in [3.63, 3.8) is 0 Å². The monoisotopic (exact) mass is 346 g/mol. The van der Waals surface area contributed by atoms with Crippen molar-refractivity contribution < 1.29 is 27.5 Å². The first kappa shape index (κ1) is 16.7. The molecule has 2 saturated heterocycles. The Morgan fingerprint density at radius 1 is 1.50 bits per heavy atom. The van der Waals surface area contributed by atoms with E-state index < -0.39 is 29.4 Å². The van der Waals surface area contributed by atoms with Crippen LogP contribution in [0.1, 0.15) is 29.4 Å². The third kappa shape index (κ3) is 3.10. The molecular formula is C14H17F3N4O3. The predicted molar refractivity (Wildman–Crippen MR) is 75.1 cm³/mol. The molecule has 0 bridgehead atoms. The van der Waals surface area contributed by atoms with Gasteiger partial charge in [0.15, 0.2) is 5.69 Å². The van der Waals surface area contributed by atoms with Crippen LogP contribution in [0, 0.1) is 0 Å². The molecule has 2 aliphatic rings. The zero-order valence-electron chi connectivity index (χ0n) is 13.0. The zero-order chi connectivity index (χ0) is 17.5. The molecule has 0 radical (unpaired) electrons. The first-order chi connectivity index (χ1) is 11.3. The second-order valence-corrected chi connectivity index (χ2v) is 5.81. The third-order valence-corrected chi connectivity index (χ3v) is 4.20. The van der Waals surface area contributed by atoms with Crippen LogP contribution in [-0.2, 0) is 22.3 Å². The van der Waals surface area contributed by atoms with Crippen LogP contribution in [0.3, 0.4) is 0 Å². The van der Waals surface area contributed by atoms with Crippen LogP contribution in [0.15, 0.2) is 6.20 Å². The van der Waals surface area contributed by atoms with E-state index in [0.29, 0.717) is 6.42 Å². The standard InChI is InChI=1S/C14H17F3N4O3/c1-2-21-5-8(12(19-21)14(15,16)17)13(23)20-4-3-10-9(6-20)18-11(22)7-24-10/h5,9-10H,2-4,6-7H2,1H3,(H,18,22). The van der Waals surface area contributed by atoms with E-state index in [0.717, 1.165) is 10.9 Å². The number of amides is 2. The molecule has 132 valence electrons. The van der Waals surface area contributed by atoms with Crippen molar-refractivity contribution in [2.45, 2.75) is 38.2 Å². The number of carbonyl (C=O) groups excluding carboxylic acids is 2. The Kier molecular flexibility index (Phi) is 4.24. The van der Waals surface area contributed by atoms with E-state index in [9.17, 15) is 22.8 Å². The van der Waals surface area contributed by atoms with Gasteiger partial charge in [0.2, 0.25) is 5.91 Å². The lowest BCUT2D eigenvalue weighted by Gasteiger charge is -2.41. The second-order valence-electron chi connectivity index (χ2n) is 5.81. The van der Waals surface area contributed by atoms with Crippen molar-refractivity contribution in [3.8, 4) is 0 Å². The Hall–Kier alpha value is -2.10. The number of aryl methyl sites for hydroxylation is 1. The highest BCUT2D eigenvalue weighted by Gasteiger charge is 2.42. The second kappa shape index (κ2) is 6.08. The fraction of sp³-hybridized carbons (Fsp3) is 0.643.